The molecule has 3 aliphatic rings. The molecule has 3 saturated carbocycles. The topological polar surface area (TPSA) is 136 Å². The van der Waals surface area contributed by atoms with Crippen LogP contribution in [0.2, 0.25) is 10.2 Å². The summed E-state index contributed by atoms with van der Waals surface area (Å²) in [6.45, 7) is 3.68. The summed E-state index contributed by atoms with van der Waals surface area (Å²) in [5.41, 5.74) is 0.833. The molecule has 2 N–H and O–H groups in total. The normalized spacial score (nSPS) is 22.9. The van der Waals surface area contributed by atoms with Crippen LogP contribution in [0.4, 0.5) is 5.69 Å². The number of nitrogens with one attached hydrogen (secondary N) is 1. The van der Waals surface area contributed by atoms with Crippen LogP contribution in [-0.4, -0.2) is 35.8 Å². The van der Waals surface area contributed by atoms with Gasteiger partial charge in [-0.25, -0.2) is 14.8 Å². The number of aromatic carboxylic acids is 1. The smallest absolute Gasteiger partial charge is 0.356 e. The number of carboxylic acid groups (broad SMARTS) is 1. The molecular weight excluding hydrogens is 555 g/mol. The minimum absolute atomic E-state index is 0.0799. The maximum absolute atomic E-state index is 13.7. The predicted molar refractivity (Wildman–Crippen MR) is 150 cm³/mol. The molecular formula is C28H28Cl2N6O4. The van der Waals surface area contributed by atoms with Crippen molar-refractivity contribution in [1.82, 2.24) is 24.7 Å². The van der Waals surface area contributed by atoms with Crippen molar-refractivity contribution in [3.8, 4) is 0 Å². The molecule has 3 heterocycles. The maximum atomic E-state index is 13.7. The van der Waals surface area contributed by atoms with E-state index in [2.05, 4.69) is 20.4 Å². The molecule has 2 bridgehead atoms. The summed E-state index contributed by atoms with van der Waals surface area (Å²) in [6.07, 6.45) is 5.27. The Morgan fingerprint density at radius 3 is 2.38 bits per heavy atom. The summed E-state index contributed by atoms with van der Waals surface area (Å²) in [5.74, 6) is 0.915. The largest absolute Gasteiger partial charge is 0.476 e. The predicted octanol–water partition coefficient (Wildman–Crippen LogP) is 5.74. The number of rotatable bonds is 6. The van der Waals surface area contributed by atoms with Gasteiger partial charge in [-0.1, -0.05) is 28.4 Å². The van der Waals surface area contributed by atoms with Crippen molar-refractivity contribution in [1.29, 1.82) is 0 Å². The first-order valence-electron chi connectivity index (χ1n) is 13.2. The van der Waals surface area contributed by atoms with E-state index in [-0.39, 0.29) is 27.2 Å². The Labute approximate surface area is 239 Å². The van der Waals surface area contributed by atoms with Crippen molar-refractivity contribution < 1.29 is 14.4 Å². The Morgan fingerprint density at radius 1 is 1.07 bits per heavy atom. The number of aryl methyl sites for hydroxylation is 1. The zero-order valence-corrected chi connectivity index (χ0v) is 23.8. The average Bonchev–Trinajstić information content (AvgIpc) is 3.39. The number of nitrogens with zero attached hydrogens (tertiary/aromatic N) is 5. The zero-order chi connectivity index (χ0) is 28.4. The fourth-order valence-corrected chi connectivity index (χ4v) is 6.94. The Morgan fingerprint density at radius 2 is 1.75 bits per heavy atom. The van der Waals surface area contributed by atoms with Gasteiger partial charge in [-0.15, -0.1) is 0 Å². The standard InChI is InChI=1S/C28H28Cl2N6O4/c1-14(31-19-4-5-20(30)33-22(19)24(38)39)17-12-16(29)13-18-21(17)34-26(36(3)23(18)37)28-9-6-27(7-10-28,8-11-28)25-32-15(2)40-35-25/h4-5,12-14,31H,6-11H2,1-3H3,(H,38,39)/t14-,27?,28?/m1/s1. The van der Waals surface area contributed by atoms with Crippen molar-refractivity contribution in [2.24, 2.45) is 7.05 Å². The summed E-state index contributed by atoms with van der Waals surface area (Å²) in [6, 6.07) is 6.05. The number of carboxylic acids is 1. The molecule has 208 valence electrons. The van der Waals surface area contributed by atoms with Gasteiger partial charge in [0.1, 0.15) is 11.0 Å². The van der Waals surface area contributed by atoms with Crippen molar-refractivity contribution in [2.75, 3.05) is 5.32 Å². The summed E-state index contributed by atoms with van der Waals surface area (Å²) in [4.78, 5) is 39.2. The fraction of sp³-hybridized carbons (Fsp3) is 0.429. The monoisotopic (exact) mass is 582 g/mol. The second-order valence-corrected chi connectivity index (χ2v) is 11.9. The van der Waals surface area contributed by atoms with Gasteiger partial charge in [0.2, 0.25) is 5.89 Å². The van der Waals surface area contributed by atoms with E-state index in [1.165, 1.54) is 6.07 Å². The molecule has 7 rings (SSSR count). The van der Waals surface area contributed by atoms with Gasteiger partial charge < -0.3 is 14.9 Å². The molecule has 0 spiro atoms. The zero-order valence-electron chi connectivity index (χ0n) is 22.3. The highest BCUT2D eigenvalue weighted by atomic mass is 35.5. The number of fused-ring (bicyclic) bond motifs is 4. The lowest BCUT2D eigenvalue weighted by Crippen LogP contribution is -2.49. The lowest BCUT2D eigenvalue weighted by Gasteiger charge is -2.51. The highest BCUT2D eigenvalue weighted by molar-refractivity contribution is 6.31. The second kappa shape index (κ2) is 9.55. The third-order valence-electron chi connectivity index (χ3n) is 8.80. The molecule has 0 aliphatic heterocycles. The van der Waals surface area contributed by atoms with Gasteiger partial charge in [-0.2, -0.15) is 4.98 Å². The molecule has 4 aromatic rings. The second-order valence-electron chi connectivity index (χ2n) is 11.1. The van der Waals surface area contributed by atoms with Crippen LogP contribution in [0.5, 0.6) is 0 Å². The number of carbonyl (C=O) groups is 1. The van der Waals surface area contributed by atoms with E-state index in [9.17, 15) is 14.7 Å². The van der Waals surface area contributed by atoms with Crippen LogP contribution in [0.15, 0.2) is 33.6 Å². The first-order valence-corrected chi connectivity index (χ1v) is 14.0. The molecule has 0 amide bonds. The first-order chi connectivity index (χ1) is 19.0. The minimum Gasteiger partial charge on any atom is -0.476 e. The van der Waals surface area contributed by atoms with Gasteiger partial charge in [0.15, 0.2) is 11.5 Å². The summed E-state index contributed by atoms with van der Waals surface area (Å²) in [7, 11) is 1.78. The van der Waals surface area contributed by atoms with Crippen LogP contribution in [0.1, 0.15) is 85.1 Å². The van der Waals surface area contributed by atoms with Crippen LogP contribution in [0, 0.1) is 6.92 Å². The van der Waals surface area contributed by atoms with Gasteiger partial charge >= 0.3 is 5.97 Å². The molecule has 0 unspecified atom stereocenters. The SMILES string of the molecule is Cc1nc(C23CCC(c4nc5c([C@@H](C)Nc6ccc(Cl)nc6C(=O)O)cc(Cl)cc5c(=O)n4C)(CC2)CC3)no1. The fourth-order valence-electron chi connectivity index (χ4n) is 6.57. The van der Waals surface area contributed by atoms with Gasteiger partial charge in [0, 0.05) is 35.4 Å². The Balaban J connectivity index is 1.41. The lowest BCUT2D eigenvalue weighted by molar-refractivity contribution is 0.0691. The quantitative estimate of drug-likeness (QED) is 0.272. The number of hydrogen-bond acceptors (Lipinski definition) is 8. The van der Waals surface area contributed by atoms with Crippen LogP contribution < -0.4 is 10.9 Å². The molecule has 12 heteroatoms. The van der Waals surface area contributed by atoms with Crippen LogP contribution in [0.25, 0.3) is 10.9 Å². The highest BCUT2D eigenvalue weighted by Gasteiger charge is 2.53. The molecule has 3 fully saturated rings. The number of aromatic nitrogens is 5. The molecule has 0 radical (unpaired) electrons. The number of hydrogen-bond donors (Lipinski definition) is 2. The van der Waals surface area contributed by atoms with Gasteiger partial charge in [-0.05, 0) is 69.7 Å². The minimum atomic E-state index is -1.21. The Kier molecular flexibility index (Phi) is 6.38. The van der Waals surface area contributed by atoms with Gasteiger partial charge in [0.25, 0.3) is 5.56 Å². The molecule has 10 nitrogen and oxygen atoms in total. The third kappa shape index (κ3) is 4.25. The first kappa shape index (κ1) is 26.7. The van der Waals surface area contributed by atoms with Gasteiger partial charge in [-0.3, -0.25) is 9.36 Å². The van der Waals surface area contributed by atoms with E-state index in [1.807, 2.05) is 13.8 Å². The van der Waals surface area contributed by atoms with Crippen molar-refractivity contribution in [3.63, 3.8) is 0 Å². The van der Waals surface area contributed by atoms with E-state index < -0.39 is 12.0 Å². The molecule has 1 aromatic carbocycles. The van der Waals surface area contributed by atoms with E-state index >= 15 is 0 Å². The maximum Gasteiger partial charge on any atom is 0.356 e. The number of halogens is 2. The third-order valence-corrected chi connectivity index (χ3v) is 9.23. The highest BCUT2D eigenvalue weighted by Crippen LogP contribution is 2.57. The van der Waals surface area contributed by atoms with Crippen molar-refractivity contribution in [3.05, 3.63) is 73.6 Å². The molecule has 3 aromatic heterocycles. The van der Waals surface area contributed by atoms with Crippen molar-refractivity contribution >= 4 is 45.8 Å². The van der Waals surface area contributed by atoms with E-state index in [0.717, 1.165) is 50.2 Å². The number of anilines is 1. The van der Waals surface area contributed by atoms with E-state index in [1.54, 1.807) is 29.8 Å². The Bertz CT molecular complexity index is 1710. The molecule has 3 aliphatic carbocycles. The Hall–Kier alpha value is -3.50. The number of benzene rings is 1. The summed E-state index contributed by atoms with van der Waals surface area (Å²) in [5, 5.41) is 18.0. The van der Waals surface area contributed by atoms with E-state index in [0.29, 0.717) is 33.1 Å². The van der Waals surface area contributed by atoms with Crippen LogP contribution in [0.3, 0.4) is 0 Å². The average molecular weight is 583 g/mol. The lowest BCUT2D eigenvalue weighted by atomic mass is 9.53. The van der Waals surface area contributed by atoms with Crippen LogP contribution >= 0.6 is 23.2 Å². The number of pyridine rings is 1. The van der Waals surface area contributed by atoms with Gasteiger partial charge in [0.05, 0.1) is 22.6 Å². The summed E-state index contributed by atoms with van der Waals surface area (Å²) < 4.78 is 6.96. The molecule has 0 saturated heterocycles. The molecule has 40 heavy (non-hydrogen) atoms. The summed E-state index contributed by atoms with van der Waals surface area (Å²) >= 11 is 12.4. The molecule has 1 atom stereocenters. The van der Waals surface area contributed by atoms with Crippen LogP contribution in [-0.2, 0) is 17.9 Å². The van der Waals surface area contributed by atoms with Crippen molar-refractivity contribution in [2.45, 2.75) is 69.2 Å². The van der Waals surface area contributed by atoms with E-state index in [4.69, 9.17) is 32.7 Å².